The van der Waals surface area contributed by atoms with Gasteiger partial charge in [-0.1, -0.05) is 17.6 Å². The maximum absolute atomic E-state index is 11.7. The average molecular weight is 200 g/mol. The van der Waals surface area contributed by atoms with E-state index in [0.29, 0.717) is 11.2 Å². The molecule has 0 aliphatic carbocycles. The Morgan fingerprint density at radius 2 is 1.71 bits per heavy atom. The van der Waals surface area contributed by atoms with E-state index < -0.39 is 12.6 Å². The Morgan fingerprint density at radius 3 is 2.21 bits per heavy atom. The van der Waals surface area contributed by atoms with Gasteiger partial charge in [-0.3, -0.25) is 0 Å². The third kappa shape index (κ3) is 4.21. The van der Waals surface area contributed by atoms with Crippen LogP contribution in [-0.2, 0) is 0 Å². The summed E-state index contributed by atoms with van der Waals surface area (Å²) in [5.41, 5.74) is 0.549. The number of hydrogen-bond acceptors (Lipinski definition) is 1. The molecule has 5 heteroatoms. The van der Waals surface area contributed by atoms with Crippen LogP contribution in [-0.4, -0.2) is 20.6 Å². The molecule has 0 fully saturated rings. The summed E-state index contributed by atoms with van der Waals surface area (Å²) in [5, 5.41) is 0. The highest BCUT2D eigenvalue weighted by atomic mass is 19.4. The molecule has 0 heterocycles. The molecule has 0 unspecified atom stereocenters. The number of rotatable bonds is 3. The van der Waals surface area contributed by atoms with E-state index in [1.807, 2.05) is 0 Å². The van der Waals surface area contributed by atoms with Crippen LogP contribution >= 0.6 is 0 Å². The lowest BCUT2D eigenvalue weighted by Crippen LogP contribution is -2.13. The van der Waals surface area contributed by atoms with Crippen molar-refractivity contribution in [3.63, 3.8) is 0 Å². The highest BCUT2D eigenvalue weighted by Crippen LogP contribution is 2.19. The molecule has 1 aromatic rings. The predicted octanol–water partition coefficient (Wildman–Crippen LogP) is 1.81. The number of halogens is 3. The third-order valence-electron chi connectivity index (χ3n) is 1.53. The maximum atomic E-state index is 11.7. The second-order valence-corrected chi connectivity index (χ2v) is 2.78. The molecule has 0 amide bonds. The Bertz CT molecular complexity index is 281. The van der Waals surface area contributed by atoms with Gasteiger partial charge in [0.1, 0.15) is 13.6 Å². The van der Waals surface area contributed by atoms with E-state index in [-0.39, 0.29) is 6.61 Å². The van der Waals surface area contributed by atoms with Crippen LogP contribution in [0.15, 0.2) is 24.3 Å². The van der Waals surface area contributed by atoms with Gasteiger partial charge < -0.3 is 4.74 Å². The molecule has 0 aliphatic heterocycles. The summed E-state index contributed by atoms with van der Waals surface area (Å²) in [6, 6.07) is 6.21. The molecule has 0 atom stereocenters. The minimum absolute atomic E-state index is 0.368. The summed E-state index contributed by atoms with van der Waals surface area (Å²) in [6.45, 7) is -0.368. The standard InChI is InChI=1S/C9H8BF3O/c10-7-1-3-8(4-2-7)14-6-5-9(11,12)13/h1-4H,5-6H2. The monoisotopic (exact) mass is 200 g/mol. The lowest BCUT2D eigenvalue weighted by atomic mass is 9.97. The number of hydrogen-bond donors (Lipinski definition) is 0. The highest BCUT2D eigenvalue weighted by Gasteiger charge is 2.26. The second kappa shape index (κ2) is 4.40. The normalized spacial score (nSPS) is 11.4. The highest BCUT2D eigenvalue weighted by molar-refractivity contribution is 6.32. The van der Waals surface area contributed by atoms with Crippen molar-refractivity contribution in [1.82, 2.24) is 0 Å². The van der Waals surface area contributed by atoms with Crippen LogP contribution in [0.1, 0.15) is 6.42 Å². The zero-order valence-corrected chi connectivity index (χ0v) is 7.34. The molecule has 14 heavy (non-hydrogen) atoms. The van der Waals surface area contributed by atoms with E-state index in [0.717, 1.165) is 0 Å². The largest absolute Gasteiger partial charge is 0.493 e. The van der Waals surface area contributed by atoms with E-state index in [1.54, 1.807) is 12.1 Å². The maximum Gasteiger partial charge on any atom is 0.392 e. The van der Waals surface area contributed by atoms with Crippen LogP contribution in [0.2, 0.25) is 0 Å². The van der Waals surface area contributed by atoms with Crippen molar-refractivity contribution in [3.8, 4) is 5.75 Å². The van der Waals surface area contributed by atoms with Gasteiger partial charge in [-0.2, -0.15) is 13.2 Å². The summed E-state index contributed by atoms with van der Waals surface area (Å²) in [5.74, 6) is 0.392. The van der Waals surface area contributed by atoms with E-state index in [1.165, 1.54) is 12.1 Å². The van der Waals surface area contributed by atoms with E-state index >= 15 is 0 Å². The van der Waals surface area contributed by atoms with Gasteiger partial charge in [0, 0.05) is 0 Å². The Morgan fingerprint density at radius 1 is 1.14 bits per heavy atom. The molecule has 1 rings (SSSR count). The first-order valence-corrected chi connectivity index (χ1v) is 4.02. The lowest BCUT2D eigenvalue weighted by molar-refractivity contribution is -0.139. The van der Waals surface area contributed by atoms with Crippen LogP contribution in [0, 0.1) is 0 Å². The van der Waals surface area contributed by atoms with E-state index in [4.69, 9.17) is 12.6 Å². The molecule has 0 aromatic heterocycles. The predicted molar refractivity (Wildman–Crippen MR) is 48.0 cm³/mol. The first-order chi connectivity index (χ1) is 6.47. The first-order valence-electron chi connectivity index (χ1n) is 4.02. The van der Waals surface area contributed by atoms with Gasteiger partial charge in [0.15, 0.2) is 0 Å². The molecule has 0 bridgehead atoms. The molecule has 0 saturated heterocycles. The van der Waals surface area contributed by atoms with Crippen LogP contribution in [0.5, 0.6) is 5.75 Å². The van der Waals surface area contributed by atoms with Gasteiger partial charge >= 0.3 is 6.18 Å². The van der Waals surface area contributed by atoms with Gasteiger partial charge in [-0.05, 0) is 12.1 Å². The Hall–Kier alpha value is -1.13. The van der Waals surface area contributed by atoms with Crippen molar-refractivity contribution in [1.29, 1.82) is 0 Å². The van der Waals surface area contributed by atoms with Crippen LogP contribution in [0.4, 0.5) is 13.2 Å². The van der Waals surface area contributed by atoms with Crippen molar-refractivity contribution in [2.75, 3.05) is 6.61 Å². The minimum atomic E-state index is -4.17. The van der Waals surface area contributed by atoms with Crippen molar-refractivity contribution in [3.05, 3.63) is 24.3 Å². The van der Waals surface area contributed by atoms with Crippen molar-refractivity contribution >= 4 is 13.3 Å². The summed E-state index contributed by atoms with van der Waals surface area (Å²) in [4.78, 5) is 0. The molecule has 0 N–H and O–H groups in total. The number of alkyl halides is 3. The van der Waals surface area contributed by atoms with E-state index in [9.17, 15) is 13.2 Å². The van der Waals surface area contributed by atoms with Gasteiger partial charge in [-0.15, -0.1) is 0 Å². The molecule has 2 radical (unpaired) electrons. The number of ether oxygens (including phenoxy) is 1. The fraction of sp³-hybridized carbons (Fsp3) is 0.333. The molecule has 0 saturated carbocycles. The number of benzene rings is 1. The van der Waals surface area contributed by atoms with Crippen molar-refractivity contribution < 1.29 is 17.9 Å². The lowest BCUT2D eigenvalue weighted by Gasteiger charge is -2.08. The molecule has 1 aromatic carbocycles. The van der Waals surface area contributed by atoms with Gasteiger partial charge in [0.2, 0.25) is 0 Å². The molecule has 74 valence electrons. The smallest absolute Gasteiger partial charge is 0.392 e. The SMILES string of the molecule is [B]c1ccc(OCCC(F)(F)F)cc1. The topological polar surface area (TPSA) is 9.23 Å². The third-order valence-corrected chi connectivity index (χ3v) is 1.53. The zero-order valence-electron chi connectivity index (χ0n) is 7.34. The molecular weight excluding hydrogens is 192 g/mol. The van der Waals surface area contributed by atoms with Gasteiger partial charge in [0.05, 0.1) is 13.0 Å². The zero-order chi connectivity index (χ0) is 10.6. The summed E-state index contributed by atoms with van der Waals surface area (Å²) in [6.07, 6.45) is -5.12. The summed E-state index contributed by atoms with van der Waals surface area (Å²) < 4.78 is 40.0. The van der Waals surface area contributed by atoms with Crippen molar-refractivity contribution in [2.24, 2.45) is 0 Å². The Balaban J connectivity index is 2.35. The molecular formula is C9H8BF3O. The summed E-state index contributed by atoms with van der Waals surface area (Å²) in [7, 11) is 5.39. The fourth-order valence-corrected chi connectivity index (χ4v) is 0.849. The fourth-order valence-electron chi connectivity index (χ4n) is 0.849. The van der Waals surface area contributed by atoms with Crippen LogP contribution < -0.4 is 10.2 Å². The average Bonchev–Trinajstić information content (AvgIpc) is 2.06. The molecule has 0 spiro atoms. The van der Waals surface area contributed by atoms with Crippen molar-refractivity contribution in [2.45, 2.75) is 12.6 Å². The van der Waals surface area contributed by atoms with Crippen LogP contribution in [0.25, 0.3) is 0 Å². The first kappa shape index (κ1) is 11.0. The van der Waals surface area contributed by atoms with Crippen LogP contribution in [0.3, 0.4) is 0 Å². The molecule has 1 nitrogen and oxygen atoms in total. The Kier molecular flexibility index (Phi) is 3.44. The van der Waals surface area contributed by atoms with Gasteiger partial charge in [0.25, 0.3) is 0 Å². The minimum Gasteiger partial charge on any atom is -0.493 e. The Labute approximate surface area is 81.3 Å². The van der Waals surface area contributed by atoms with Gasteiger partial charge in [-0.25, -0.2) is 0 Å². The quantitative estimate of drug-likeness (QED) is 0.676. The van der Waals surface area contributed by atoms with E-state index in [2.05, 4.69) is 0 Å². The summed E-state index contributed by atoms with van der Waals surface area (Å²) >= 11 is 0. The second-order valence-electron chi connectivity index (χ2n) is 2.78. The molecule has 0 aliphatic rings.